The Morgan fingerprint density at radius 1 is 0.737 bits per heavy atom. The van der Waals surface area contributed by atoms with Gasteiger partial charge < -0.3 is 10.2 Å². The van der Waals surface area contributed by atoms with E-state index in [1.807, 2.05) is 0 Å². The Kier molecular flexibility index (Phi) is 13.8. The SMILES string of the molecule is CC(C)(O)C(Cl)(Cl)Cl.CC(C)(O)C(Cl)(Cl)Cl.C[CH2][AlH2]. The Morgan fingerprint density at radius 2 is 0.789 bits per heavy atom. The fourth-order valence-corrected chi connectivity index (χ4v) is 0. The quantitative estimate of drug-likeness (QED) is 0.459. The largest absolute Gasteiger partial charge is 0.386 e. The Labute approximate surface area is 154 Å². The van der Waals surface area contributed by atoms with Gasteiger partial charge in [0, 0.05) is 0 Å². The highest BCUT2D eigenvalue weighted by molar-refractivity contribution is 6.68. The minimum atomic E-state index is -1.59. The molecule has 0 aromatic heterocycles. The summed E-state index contributed by atoms with van der Waals surface area (Å²) in [6, 6.07) is 0. The number of hydrogen-bond donors (Lipinski definition) is 2. The topological polar surface area (TPSA) is 40.5 Å². The normalized spacial score (nSPS) is 12.9. The van der Waals surface area contributed by atoms with Crippen LogP contribution in [0.25, 0.3) is 0 Å². The lowest BCUT2D eigenvalue weighted by Gasteiger charge is -2.25. The maximum atomic E-state index is 8.96. The molecule has 0 bridgehead atoms. The molecule has 0 saturated heterocycles. The molecule has 0 amide bonds. The molecular weight excluding hydrogens is 392 g/mol. The van der Waals surface area contributed by atoms with Gasteiger partial charge in [-0.25, -0.2) is 0 Å². The van der Waals surface area contributed by atoms with Crippen molar-refractivity contribution in [3.8, 4) is 0 Å². The van der Waals surface area contributed by atoms with Crippen LogP contribution in [0.15, 0.2) is 0 Å². The van der Waals surface area contributed by atoms with Gasteiger partial charge in [-0.2, -0.15) is 0 Å². The molecule has 0 aromatic rings. The molecule has 0 spiro atoms. The van der Waals surface area contributed by atoms with Gasteiger partial charge in [-0.1, -0.05) is 76.5 Å². The third-order valence-electron chi connectivity index (χ3n) is 1.39. The lowest BCUT2D eigenvalue weighted by molar-refractivity contribution is 0.0841. The van der Waals surface area contributed by atoms with E-state index in [-0.39, 0.29) is 0 Å². The van der Waals surface area contributed by atoms with Gasteiger partial charge in [0.25, 0.3) is 0 Å². The van der Waals surface area contributed by atoms with Crippen LogP contribution in [0.2, 0.25) is 5.28 Å². The van der Waals surface area contributed by atoms with Crippen molar-refractivity contribution in [1.29, 1.82) is 0 Å². The third-order valence-corrected chi connectivity index (χ3v) is 4.16. The highest BCUT2D eigenvalue weighted by Crippen LogP contribution is 2.37. The maximum Gasteiger partial charge on any atom is 0.218 e. The van der Waals surface area contributed by atoms with Crippen LogP contribution in [0.3, 0.4) is 0 Å². The molecule has 0 aliphatic rings. The number of alkyl halides is 6. The molecule has 0 atom stereocenters. The van der Waals surface area contributed by atoms with Crippen LogP contribution in [0.1, 0.15) is 34.6 Å². The van der Waals surface area contributed by atoms with Gasteiger partial charge in [-0.15, -0.1) is 5.28 Å². The van der Waals surface area contributed by atoms with Gasteiger partial charge in [0.1, 0.15) is 11.2 Å². The van der Waals surface area contributed by atoms with Crippen LogP contribution >= 0.6 is 69.6 Å². The standard InChI is InChI=1S/2C4H7Cl3O.C2H5.Al.2H/c2*1-3(2,8)4(5,6)7;1-2;;;/h2*8H,1-2H3;1H2,2H3;;;. The first-order valence-corrected chi connectivity index (χ1v) is 9.18. The van der Waals surface area contributed by atoms with Crippen molar-refractivity contribution in [3.05, 3.63) is 0 Å². The van der Waals surface area contributed by atoms with E-state index in [1.54, 1.807) is 0 Å². The average Bonchev–Trinajstić information content (AvgIpc) is 1.97. The first kappa shape index (κ1) is 26.1. The zero-order chi connectivity index (χ0) is 16.7. The molecule has 19 heavy (non-hydrogen) atoms. The summed E-state index contributed by atoms with van der Waals surface area (Å²) in [5.41, 5.74) is -2.53. The van der Waals surface area contributed by atoms with E-state index in [0.29, 0.717) is 0 Å². The smallest absolute Gasteiger partial charge is 0.218 e. The van der Waals surface area contributed by atoms with Gasteiger partial charge in [0.2, 0.25) is 23.9 Å². The predicted molar refractivity (Wildman–Crippen MR) is 92.2 cm³/mol. The van der Waals surface area contributed by atoms with E-state index in [2.05, 4.69) is 6.92 Å². The second-order valence-corrected chi connectivity index (χ2v) is 10.8. The molecule has 0 aliphatic heterocycles. The summed E-state index contributed by atoms with van der Waals surface area (Å²) < 4.78 is -3.18. The highest BCUT2D eigenvalue weighted by Gasteiger charge is 2.38. The first-order chi connectivity index (χ1) is 7.91. The van der Waals surface area contributed by atoms with Crippen molar-refractivity contribution >= 4 is 85.9 Å². The van der Waals surface area contributed by atoms with E-state index >= 15 is 0 Å². The molecule has 2 nitrogen and oxygen atoms in total. The molecule has 0 radical (unpaired) electrons. The molecule has 2 N–H and O–H groups in total. The predicted octanol–water partition coefficient (Wildman–Crippen LogP) is 4.31. The molecule has 0 saturated carbocycles. The summed E-state index contributed by atoms with van der Waals surface area (Å²) in [4.78, 5) is 0. The van der Waals surface area contributed by atoms with Gasteiger partial charge in [0.15, 0.2) is 0 Å². The van der Waals surface area contributed by atoms with Crippen molar-refractivity contribution in [1.82, 2.24) is 0 Å². The van der Waals surface area contributed by atoms with Gasteiger partial charge in [0.05, 0.1) is 0 Å². The van der Waals surface area contributed by atoms with Crippen LogP contribution in [0.4, 0.5) is 0 Å². The second kappa shape index (κ2) is 10.1. The van der Waals surface area contributed by atoms with Gasteiger partial charge >= 0.3 is 0 Å². The Balaban J connectivity index is -0.000000224. The zero-order valence-corrected chi connectivity index (χ0v) is 18.4. The molecule has 0 fully saturated rings. The van der Waals surface area contributed by atoms with E-state index < -0.39 is 18.8 Å². The van der Waals surface area contributed by atoms with Crippen LogP contribution < -0.4 is 0 Å². The number of hydrogen-bond acceptors (Lipinski definition) is 2. The minimum Gasteiger partial charge on any atom is -0.386 e. The van der Waals surface area contributed by atoms with Crippen molar-refractivity contribution in [2.75, 3.05) is 0 Å². The summed E-state index contributed by atoms with van der Waals surface area (Å²) in [5, 5.41) is 19.3. The van der Waals surface area contributed by atoms with Crippen LogP contribution in [0, 0.1) is 0 Å². The molecule has 0 heterocycles. The second-order valence-electron chi connectivity index (χ2n) is 4.82. The average molecular weight is 413 g/mol. The minimum absolute atomic E-state index is 1.27. The van der Waals surface area contributed by atoms with Crippen LogP contribution in [0.5, 0.6) is 0 Å². The fraction of sp³-hybridized carbons (Fsp3) is 1.00. The van der Waals surface area contributed by atoms with Gasteiger partial charge in [-0.3, -0.25) is 0 Å². The molecule has 118 valence electrons. The van der Waals surface area contributed by atoms with Crippen molar-refractivity contribution in [2.24, 2.45) is 0 Å². The number of halogens is 6. The lowest BCUT2D eigenvalue weighted by atomic mass is 10.2. The monoisotopic (exact) mass is 410 g/mol. The summed E-state index contributed by atoms with van der Waals surface area (Å²) in [6.07, 6.45) is 0. The fourth-order valence-electron chi connectivity index (χ4n) is 0. The summed E-state index contributed by atoms with van der Waals surface area (Å²) >= 11 is 33.1. The molecule has 9 heteroatoms. The summed E-state index contributed by atoms with van der Waals surface area (Å²) in [7, 11) is 0. The Bertz CT molecular complexity index is 176. The maximum absolute atomic E-state index is 8.96. The van der Waals surface area contributed by atoms with Gasteiger partial charge in [-0.05, 0) is 27.7 Å². The van der Waals surface area contributed by atoms with Crippen molar-refractivity contribution in [2.45, 2.75) is 58.7 Å². The molecule has 0 rings (SSSR count). The van der Waals surface area contributed by atoms with Crippen LogP contribution in [-0.2, 0) is 0 Å². The van der Waals surface area contributed by atoms with E-state index in [0.717, 1.165) is 0 Å². The Morgan fingerprint density at radius 3 is 0.789 bits per heavy atom. The molecule has 0 aromatic carbocycles. The zero-order valence-electron chi connectivity index (χ0n) is 11.9. The van der Waals surface area contributed by atoms with Crippen molar-refractivity contribution in [3.63, 3.8) is 0 Å². The first-order valence-electron chi connectivity index (χ1n) is 5.50. The molecule has 0 unspecified atom stereocenters. The number of rotatable bonds is 0. The van der Waals surface area contributed by atoms with E-state index in [1.165, 1.54) is 49.3 Å². The molecule has 0 aliphatic carbocycles. The van der Waals surface area contributed by atoms with E-state index in [4.69, 9.17) is 79.8 Å². The van der Waals surface area contributed by atoms with Crippen molar-refractivity contribution < 1.29 is 10.2 Å². The number of aliphatic hydroxyl groups is 2. The highest BCUT2D eigenvalue weighted by atomic mass is 35.6. The Hall–Kier alpha value is 2.19. The van der Waals surface area contributed by atoms with E-state index in [9.17, 15) is 0 Å². The lowest BCUT2D eigenvalue weighted by Crippen LogP contribution is -2.35. The molecular formula is C10H21AlCl6O2. The summed E-state index contributed by atoms with van der Waals surface area (Å²) in [6.45, 7) is 7.91. The third kappa shape index (κ3) is 16.4. The van der Waals surface area contributed by atoms with Crippen LogP contribution in [-0.4, -0.2) is 45.3 Å². The summed E-state index contributed by atoms with van der Waals surface area (Å²) in [5.74, 6) is 0.